The fourth-order valence-corrected chi connectivity index (χ4v) is 2.23. The number of thiophene rings is 1. The Morgan fingerprint density at radius 3 is 2.78 bits per heavy atom. The molecule has 1 atom stereocenters. The highest BCUT2D eigenvalue weighted by molar-refractivity contribution is 7.09. The number of nitriles is 1. The quantitative estimate of drug-likeness (QED) is 0.919. The molecule has 0 aliphatic carbocycles. The summed E-state index contributed by atoms with van der Waals surface area (Å²) in [4.78, 5) is 1.05. The number of rotatable bonds is 4. The summed E-state index contributed by atoms with van der Waals surface area (Å²) in [5.74, 6) is -1.36. The minimum absolute atomic E-state index is 0.162. The molecule has 0 fully saturated rings. The van der Waals surface area contributed by atoms with Crippen LogP contribution in [0.2, 0.25) is 0 Å². The van der Waals surface area contributed by atoms with Gasteiger partial charge in [0, 0.05) is 23.1 Å². The molecule has 0 spiro atoms. The second-order valence-electron chi connectivity index (χ2n) is 3.69. The molecular weight excluding hydrogens is 254 g/mol. The molecule has 1 N–H and O–H groups in total. The maximum atomic E-state index is 13.5. The number of hydrogen-bond donors (Lipinski definition) is 1. The minimum Gasteiger partial charge on any atom is -0.293 e. The van der Waals surface area contributed by atoms with Gasteiger partial charge in [0.15, 0.2) is 0 Å². The molecule has 1 heterocycles. The summed E-state index contributed by atoms with van der Waals surface area (Å²) in [7, 11) is 0. The van der Waals surface area contributed by atoms with Gasteiger partial charge in [-0.15, -0.1) is 11.3 Å². The van der Waals surface area contributed by atoms with Gasteiger partial charge in [-0.1, -0.05) is 12.1 Å². The highest BCUT2D eigenvalue weighted by Gasteiger charge is 2.15. The van der Waals surface area contributed by atoms with Crippen LogP contribution in [0.15, 0.2) is 35.7 Å². The molecule has 2 aromatic rings. The zero-order valence-corrected chi connectivity index (χ0v) is 10.2. The van der Waals surface area contributed by atoms with E-state index in [2.05, 4.69) is 5.32 Å². The van der Waals surface area contributed by atoms with E-state index < -0.39 is 17.7 Å². The number of hydrogen-bond acceptors (Lipinski definition) is 3. The lowest BCUT2D eigenvalue weighted by Crippen LogP contribution is -2.20. The molecule has 2 rings (SSSR count). The number of benzene rings is 1. The normalized spacial score (nSPS) is 12.1. The fourth-order valence-electron chi connectivity index (χ4n) is 1.58. The van der Waals surface area contributed by atoms with Crippen molar-refractivity contribution in [3.05, 3.63) is 57.8 Å². The third-order valence-electron chi connectivity index (χ3n) is 2.46. The zero-order valence-electron chi connectivity index (χ0n) is 9.36. The molecule has 92 valence electrons. The van der Waals surface area contributed by atoms with Crippen LogP contribution in [-0.2, 0) is 6.54 Å². The van der Waals surface area contributed by atoms with E-state index in [9.17, 15) is 8.78 Å². The predicted molar refractivity (Wildman–Crippen MR) is 65.9 cm³/mol. The molecule has 0 aliphatic heterocycles. The number of nitrogens with zero attached hydrogens (tertiary/aromatic N) is 1. The monoisotopic (exact) mass is 264 g/mol. The maximum Gasteiger partial charge on any atom is 0.131 e. The van der Waals surface area contributed by atoms with Crippen LogP contribution in [0.3, 0.4) is 0 Å². The minimum atomic E-state index is -0.785. The van der Waals surface area contributed by atoms with Crippen LogP contribution in [0.4, 0.5) is 8.78 Å². The summed E-state index contributed by atoms with van der Waals surface area (Å²) in [6.07, 6.45) is 0. The number of nitrogens with one attached hydrogen (secondary N) is 1. The Balaban J connectivity index is 2.11. The molecule has 0 amide bonds. The van der Waals surface area contributed by atoms with E-state index in [-0.39, 0.29) is 5.56 Å². The largest absolute Gasteiger partial charge is 0.293 e. The van der Waals surface area contributed by atoms with E-state index in [4.69, 9.17) is 5.26 Å². The Kier molecular flexibility index (Phi) is 4.03. The summed E-state index contributed by atoms with van der Waals surface area (Å²) < 4.78 is 26.3. The molecule has 2 nitrogen and oxygen atoms in total. The lowest BCUT2D eigenvalue weighted by Gasteiger charge is -2.12. The molecule has 0 saturated carbocycles. The SMILES string of the molecule is N#CC(NCc1cccs1)c1ccc(F)cc1F. The Hall–Kier alpha value is -1.77. The summed E-state index contributed by atoms with van der Waals surface area (Å²) in [5.41, 5.74) is 0.162. The van der Waals surface area contributed by atoms with Crippen molar-refractivity contribution in [1.82, 2.24) is 5.32 Å². The molecule has 18 heavy (non-hydrogen) atoms. The van der Waals surface area contributed by atoms with Crippen LogP contribution in [0, 0.1) is 23.0 Å². The lowest BCUT2D eigenvalue weighted by atomic mass is 10.1. The lowest BCUT2D eigenvalue weighted by molar-refractivity contribution is 0.544. The molecule has 0 bridgehead atoms. The van der Waals surface area contributed by atoms with Crippen LogP contribution in [0.1, 0.15) is 16.5 Å². The predicted octanol–water partition coefficient (Wildman–Crippen LogP) is 3.38. The van der Waals surface area contributed by atoms with Gasteiger partial charge in [-0.3, -0.25) is 5.32 Å². The highest BCUT2D eigenvalue weighted by atomic mass is 32.1. The molecule has 0 aliphatic rings. The molecule has 1 aromatic carbocycles. The first-order valence-electron chi connectivity index (χ1n) is 5.31. The van der Waals surface area contributed by atoms with Gasteiger partial charge in [0.25, 0.3) is 0 Å². The Labute approximate surface area is 107 Å². The Morgan fingerprint density at radius 1 is 1.33 bits per heavy atom. The van der Waals surface area contributed by atoms with Crippen molar-refractivity contribution in [2.45, 2.75) is 12.6 Å². The highest BCUT2D eigenvalue weighted by Crippen LogP contribution is 2.19. The van der Waals surface area contributed by atoms with E-state index in [0.29, 0.717) is 6.54 Å². The van der Waals surface area contributed by atoms with Crippen molar-refractivity contribution < 1.29 is 8.78 Å². The molecule has 0 saturated heterocycles. The second-order valence-corrected chi connectivity index (χ2v) is 4.72. The first kappa shape index (κ1) is 12.7. The van der Waals surface area contributed by atoms with Gasteiger partial charge in [0.2, 0.25) is 0 Å². The third-order valence-corrected chi connectivity index (χ3v) is 3.34. The fraction of sp³-hybridized carbons (Fsp3) is 0.154. The van der Waals surface area contributed by atoms with Gasteiger partial charge in [-0.25, -0.2) is 8.78 Å². The van der Waals surface area contributed by atoms with Crippen LogP contribution in [0.25, 0.3) is 0 Å². The van der Waals surface area contributed by atoms with E-state index >= 15 is 0 Å². The zero-order chi connectivity index (χ0) is 13.0. The molecule has 5 heteroatoms. The van der Waals surface area contributed by atoms with Crippen molar-refractivity contribution in [1.29, 1.82) is 5.26 Å². The van der Waals surface area contributed by atoms with Gasteiger partial charge in [-0.2, -0.15) is 5.26 Å². The Morgan fingerprint density at radius 2 is 2.17 bits per heavy atom. The van der Waals surface area contributed by atoms with Gasteiger partial charge in [0.05, 0.1) is 6.07 Å². The molecule has 1 aromatic heterocycles. The summed E-state index contributed by atoms with van der Waals surface area (Å²) in [5, 5.41) is 13.9. The first-order chi connectivity index (χ1) is 8.70. The first-order valence-corrected chi connectivity index (χ1v) is 6.19. The van der Waals surface area contributed by atoms with Crippen molar-refractivity contribution in [2.24, 2.45) is 0 Å². The van der Waals surface area contributed by atoms with Crippen molar-refractivity contribution >= 4 is 11.3 Å². The average molecular weight is 264 g/mol. The van der Waals surface area contributed by atoms with Gasteiger partial charge < -0.3 is 0 Å². The standard InChI is InChI=1S/C13H10F2N2S/c14-9-3-4-11(12(15)6-9)13(7-16)17-8-10-2-1-5-18-10/h1-6,13,17H,8H2. The topological polar surface area (TPSA) is 35.8 Å². The van der Waals surface area contributed by atoms with Crippen LogP contribution < -0.4 is 5.32 Å². The van der Waals surface area contributed by atoms with Crippen molar-refractivity contribution in [3.8, 4) is 6.07 Å². The number of halogens is 2. The molecule has 1 unspecified atom stereocenters. The van der Waals surface area contributed by atoms with Gasteiger partial charge >= 0.3 is 0 Å². The maximum absolute atomic E-state index is 13.5. The third kappa shape index (κ3) is 2.92. The second kappa shape index (κ2) is 5.71. The Bertz CT molecular complexity index is 561. The van der Waals surface area contributed by atoms with Crippen molar-refractivity contribution in [2.75, 3.05) is 0 Å². The van der Waals surface area contributed by atoms with Crippen LogP contribution in [-0.4, -0.2) is 0 Å². The van der Waals surface area contributed by atoms with Crippen LogP contribution >= 0.6 is 11.3 Å². The van der Waals surface area contributed by atoms with E-state index in [1.807, 2.05) is 23.6 Å². The van der Waals surface area contributed by atoms with Crippen molar-refractivity contribution in [3.63, 3.8) is 0 Å². The van der Waals surface area contributed by atoms with E-state index in [1.165, 1.54) is 6.07 Å². The van der Waals surface area contributed by atoms with Gasteiger partial charge in [0.1, 0.15) is 17.7 Å². The smallest absolute Gasteiger partial charge is 0.131 e. The molecular formula is C13H10F2N2S. The van der Waals surface area contributed by atoms with E-state index in [0.717, 1.165) is 17.0 Å². The summed E-state index contributed by atoms with van der Waals surface area (Å²) in [6, 6.07) is 8.24. The average Bonchev–Trinajstić information content (AvgIpc) is 2.85. The van der Waals surface area contributed by atoms with E-state index in [1.54, 1.807) is 11.3 Å². The summed E-state index contributed by atoms with van der Waals surface area (Å²) in [6.45, 7) is 0.479. The van der Waals surface area contributed by atoms with Crippen LogP contribution in [0.5, 0.6) is 0 Å². The summed E-state index contributed by atoms with van der Waals surface area (Å²) >= 11 is 1.55. The molecule has 0 radical (unpaired) electrons. The van der Waals surface area contributed by atoms with Gasteiger partial charge in [-0.05, 0) is 17.5 Å².